The number of rotatable bonds is 5. The lowest BCUT2D eigenvalue weighted by molar-refractivity contribution is -0.113. The highest BCUT2D eigenvalue weighted by Gasteiger charge is 2.14. The van der Waals surface area contributed by atoms with Crippen LogP contribution in [0.2, 0.25) is 0 Å². The summed E-state index contributed by atoms with van der Waals surface area (Å²) < 4.78 is 1.41. The van der Waals surface area contributed by atoms with Crippen LogP contribution in [0.25, 0.3) is 10.7 Å². The molecule has 0 aliphatic heterocycles. The van der Waals surface area contributed by atoms with E-state index in [2.05, 4.69) is 15.5 Å². The van der Waals surface area contributed by atoms with Gasteiger partial charge in [-0.3, -0.25) is 4.79 Å². The van der Waals surface area contributed by atoms with E-state index in [0.717, 1.165) is 16.1 Å². The molecule has 8 heteroatoms. The third-order valence-electron chi connectivity index (χ3n) is 3.07. The van der Waals surface area contributed by atoms with Crippen molar-refractivity contribution in [3.8, 4) is 10.7 Å². The van der Waals surface area contributed by atoms with Crippen LogP contribution < -0.4 is 11.2 Å². The molecule has 0 radical (unpaired) electrons. The van der Waals surface area contributed by atoms with Crippen LogP contribution >= 0.6 is 23.1 Å². The first-order valence-corrected chi connectivity index (χ1v) is 8.73. The maximum absolute atomic E-state index is 12.0. The number of aryl methyl sites for hydroxylation is 1. The minimum atomic E-state index is -0.112. The van der Waals surface area contributed by atoms with Gasteiger partial charge in [0.25, 0.3) is 0 Å². The Balaban J connectivity index is 1.60. The molecule has 0 fully saturated rings. The van der Waals surface area contributed by atoms with E-state index in [-0.39, 0.29) is 11.7 Å². The van der Waals surface area contributed by atoms with Crippen LogP contribution in [0.1, 0.15) is 5.56 Å². The lowest BCUT2D eigenvalue weighted by Crippen LogP contribution is -2.16. The van der Waals surface area contributed by atoms with Gasteiger partial charge >= 0.3 is 0 Å². The molecule has 2 heterocycles. The van der Waals surface area contributed by atoms with Crippen LogP contribution in [0.5, 0.6) is 0 Å². The molecule has 0 unspecified atom stereocenters. The topological polar surface area (TPSA) is 85.8 Å². The van der Waals surface area contributed by atoms with Crippen LogP contribution in [-0.4, -0.2) is 26.5 Å². The van der Waals surface area contributed by atoms with E-state index in [4.69, 9.17) is 5.84 Å². The highest BCUT2D eigenvalue weighted by molar-refractivity contribution is 7.99. The summed E-state index contributed by atoms with van der Waals surface area (Å²) >= 11 is 2.79. The number of thioether (sulfide) groups is 1. The number of nitrogens with zero attached hydrogens (tertiary/aromatic N) is 3. The third-order valence-corrected chi connectivity index (χ3v) is 4.88. The molecule has 0 aliphatic carbocycles. The second-order valence-corrected chi connectivity index (χ2v) is 6.75. The SMILES string of the molecule is Cc1ccc(NC(=O)CSc2nnc(-c3cccs3)n2N)cc1. The van der Waals surface area contributed by atoms with E-state index in [1.54, 1.807) is 0 Å². The van der Waals surface area contributed by atoms with Crippen molar-refractivity contribution in [2.45, 2.75) is 12.1 Å². The van der Waals surface area contributed by atoms with Crippen molar-refractivity contribution in [2.24, 2.45) is 0 Å². The maximum atomic E-state index is 12.0. The van der Waals surface area contributed by atoms with Crippen LogP contribution in [0.3, 0.4) is 0 Å². The molecule has 3 aromatic rings. The number of aromatic nitrogens is 3. The first-order chi connectivity index (χ1) is 11.1. The van der Waals surface area contributed by atoms with E-state index >= 15 is 0 Å². The highest BCUT2D eigenvalue weighted by Crippen LogP contribution is 2.25. The standard InChI is InChI=1S/C15H15N5OS2/c1-10-4-6-11(7-5-10)17-13(21)9-23-15-19-18-14(20(15)16)12-3-2-8-22-12/h2-8H,9,16H2,1H3,(H,17,21). The maximum Gasteiger partial charge on any atom is 0.234 e. The van der Waals surface area contributed by atoms with Crippen molar-refractivity contribution in [2.75, 3.05) is 16.9 Å². The average Bonchev–Trinajstić information content (AvgIpc) is 3.17. The van der Waals surface area contributed by atoms with Gasteiger partial charge in [0.1, 0.15) is 0 Å². The Labute approximate surface area is 141 Å². The second kappa shape index (κ2) is 6.84. The minimum absolute atomic E-state index is 0.112. The average molecular weight is 345 g/mol. The third kappa shape index (κ3) is 3.72. The molecule has 23 heavy (non-hydrogen) atoms. The monoisotopic (exact) mass is 345 g/mol. The van der Waals surface area contributed by atoms with E-state index < -0.39 is 0 Å². The number of carbonyl (C=O) groups excluding carboxylic acids is 1. The lowest BCUT2D eigenvalue weighted by Gasteiger charge is -2.05. The Kier molecular flexibility index (Phi) is 4.63. The summed E-state index contributed by atoms with van der Waals surface area (Å²) in [5.74, 6) is 6.70. The fourth-order valence-corrected chi connectivity index (χ4v) is 3.28. The summed E-state index contributed by atoms with van der Waals surface area (Å²) in [6.07, 6.45) is 0. The molecule has 3 N–H and O–H groups in total. The number of hydrogen-bond donors (Lipinski definition) is 2. The summed E-state index contributed by atoms with van der Waals surface area (Å²) in [6, 6.07) is 11.5. The van der Waals surface area contributed by atoms with E-state index in [1.165, 1.54) is 27.8 Å². The Morgan fingerprint density at radius 2 is 2.09 bits per heavy atom. The molecule has 118 valence electrons. The molecule has 0 atom stereocenters. The van der Waals surface area contributed by atoms with Crippen LogP contribution in [-0.2, 0) is 4.79 Å². The van der Waals surface area contributed by atoms with Gasteiger partial charge in [0.15, 0.2) is 5.82 Å². The second-order valence-electron chi connectivity index (χ2n) is 4.86. The van der Waals surface area contributed by atoms with Crippen molar-refractivity contribution in [1.82, 2.24) is 14.9 Å². The van der Waals surface area contributed by atoms with Gasteiger partial charge < -0.3 is 11.2 Å². The Morgan fingerprint density at radius 3 is 2.78 bits per heavy atom. The summed E-state index contributed by atoms with van der Waals surface area (Å²) in [4.78, 5) is 12.9. The largest absolute Gasteiger partial charge is 0.335 e. The zero-order chi connectivity index (χ0) is 16.2. The predicted octanol–water partition coefficient (Wildman–Crippen LogP) is 2.76. The summed E-state index contributed by atoms with van der Waals surface area (Å²) in [6.45, 7) is 2.00. The van der Waals surface area contributed by atoms with Gasteiger partial charge in [-0.25, -0.2) is 4.68 Å². The molecule has 0 bridgehead atoms. The molecule has 1 aromatic carbocycles. The van der Waals surface area contributed by atoms with Gasteiger partial charge in [-0.15, -0.1) is 21.5 Å². The van der Waals surface area contributed by atoms with E-state index in [0.29, 0.717) is 11.0 Å². The van der Waals surface area contributed by atoms with Crippen molar-refractivity contribution in [3.63, 3.8) is 0 Å². The number of nitrogens with two attached hydrogens (primary N) is 1. The Morgan fingerprint density at radius 1 is 1.30 bits per heavy atom. The normalized spacial score (nSPS) is 10.7. The first kappa shape index (κ1) is 15.6. The van der Waals surface area contributed by atoms with Gasteiger partial charge in [-0.05, 0) is 30.5 Å². The quantitative estimate of drug-likeness (QED) is 0.548. The van der Waals surface area contributed by atoms with Gasteiger partial charge in [-0.1, -0.05) is 35.5 Å². The van der Waals surface area contributed by atoms with E-state index in [1.807, 2.05) is 48.7 Å². The predicted molar refractivity (Wildman–Crippen MR) is 94.0 cm³/mol. The molecule has 2 aromatic heterocycles. The molecule has 6 nitrogen and oxygen atoms in total. The smallest absolute Gasteiger partial charge is 0.234 e. The fourth-order valence-electron chi connectivity index (χ4n) is 1.91. The van der Waals surface area contributed by atoms with Crippen molar-refractivity contribution in [1.29, 1.82) is 0 Å². The minimum Gasteiger partial charge on any atom is -0.335 e. The van der Waals surface area contributed by atoms with Crippen molar-refractivity contribution < 1.29 is 4.79 Å². The molecule has 3 rings (SSSR count). The molecule has 0 saturated heterocycles. The molecule has 0 saturated carbocycles. The molecular weight excluding hydrogens is 330 g/mol. The molecule has 1 amide bonds. The Bertz CT molecular complexity index is 796. The molecular formula is C15H15N5OS2. The number of thiophene rings is 1. The number of nitrogen functional groups attached to an aromatic ring is 1. The van der Waals surface area contributed by atoms with Gasteiger partial charge in [0, 0.05) is 5.69 Å². The number of nitrogens with one attached hydrogen (secondary N) is 1. The summed E-state index contributed by atoms with van der Waals surface area (Å²) in [5, 5.41) is 13.4. The lowest BCUT2D eigenvalue weighted by atomic mass is 10.2. The Hall–Kier alpha value is -2.32. The van der Waals surface area contributed by atoms with Gasteiger partial charge in [-0.2, -0.15) is 0 Å². The summed E-state index contributed by atoms with van der Waals surface area (Å²) in [7, 11) is 0. The van der Waals surface area contributed by atoms with Crippen LogP contribution in [0, 0.1) is 6.92 Å². The van der Waals surface area contributed by atoms with Gasteiger partial charge in [0.05, 0.1) is 10.6 Å². The zero-order valence-electron chi connectivity index (χ0n) is 12.4. The number of hydrogen-bond acceptors (Lipinski definition) is 6. The van der Waals surface area contributed by atoms with Crippen LogP contribution in [0.15, 0.2) is 46.9 Å². The summed E-state index contributed by atoms with van der Waals surface area (Å²) in [5.41, 5.74) is 1.92. The highest BCUT2D eigenvalue weighted by atomic mass is 32.2. The first-order valence-electron chi connectivity index (χ1n) is 6.87. The van der Waals surface area contributed by atoms with E-state index in [9.17, 15) is 4.79 Å². The number of carbonyl (C=O) groups is 1. The number of amides is 1. The number of anilines is 1. The molecule has 0 aliphatic rings. The zero-order valence-corrected chi connectivity index (χ0v) is 14.0. The van der Waals surface area contributed by atoms with Crippen molar-refractivity contribution in [3.05, 3.63) is 47.3 Å². The van der Waals surface area contributed by atoms with Crippen molar-refractivity contribution >= 4 is 34.7 Å². The van der Waals surface area contributed by atoms with Gasteiger partial charge in [0.2, 0.25) is 11.1 Å². The fraction of sp³-hybridized carbons (Fsp3) is 0.133. The molecule has 0 spiro atoms. The van der Waals surface area contributed by atoms with Crippen LogP contribution in [0.4, 0.5) is 5.69 Å². The number of benzene rings is 1.